The van der Waals surface area contributed by atoms with Crippen LogP contribution in [0.4, 0.5) is 0 Å². The van der Waals surface area contributed by atoms with E-state index in [0.717, 1.165) is 18.5 Å². The zero-order chi connectivity index (χ0) is 18.9. The number of hydrogen-bond acceptors (Lipinski definition) is 4. The van der Waals surface area contributed by atoms with Crippen molar-refractivity contribution in [3.05, 3.63) is 53.9 Å². The molecule has 2 aromatic rings. The molecule has 0 bridgehead atoms. The lowest BCUT2D eigenvalue weighted by atomic mass is 9.99. The molecule has 2 rings (SSSR count). The van der Waals surface area contributed by atoms with Crippen LogP contribution in [0.15, 0.2) is 42.7 Å². The van der Waals surface area contributed by atoms with Crippen LogP contribution in [0.2, 0.25) is 0 Å². The van der Waals surface area contributed by atoms with Gasteiger partial charge in [0.2, 0.25) is 5.91 Å². The number of nitrogens with zero attached hydrogens (tertiary/aromatic N) is 2. The maximum atomic E-state index is 12.8. The minimum absolute atomic E-state index is 0.0921. The standard InChI is InChI=1S/C21H28N2O3/c1-5-23(13-10-17-8-11-22-12-9-17)21(24)16(2)14-18-6-7-19(25-3)20(15-18)26-4/h6-9,11-12,15-16H,5,10,13-14H2,1-4H3. The topological polar surface area (TPSA) is 51.7 Å². The van der Waals surface area contributed by atoms with Gasteiger partial charge in [-0.05, 0) is 55.2 Å². The van der Waals surface area contributed by atoms with Gasteiger partial charge >= 0.3 is 0 Å². The zero-order valence-electron chi connectivity index (χ0n) is 16.1. The Labute approximate surface area is 156 Å². The smallest absolute Gasteiger partial charge is 0.225 e. The Morgan fingerprint density at radius 3 is 2.38 bits per heavy atom. The highest BCUT2D eigenvalue weighted by molar-refractivity contribution is 5.78. The highest BCUT2D eigenvalue weighted by atomic mass is 16.5. The Morgan fingerprint density at radius 2 is 1.77 bits per heavy atom. The van der Waals surface area contributed by atoms with Gasteiger partial charge < -0.3 is 14.4 Å². The fourth-order valence-corrected chi connectivity index (χ4v) is 3.00. The third-order valence-corrected chi connectivity index (χ3v) is 4.52. The lowest BCUT2D eigenvalue weighted by Gasteiger charge is -2.25. The molecule has 1 aromatic carbocycles. The van der Waals surface area contributed by atoms with Crippen molar-refractivity contribution in [3.8, 4) is 11.5 Å². The van der Waals surface area contributed by atoms with Crippen LogP contribution in [-0.4, -0.2) is 43.1 Å². The van der Waals surface area contributed by atoms with Crippen LogP contribution in [0.5, 0.6) is 11.5 Å². The summed E-state index contributed by atoms with van der Waals surface area (Å²) in [7, 11) is 3.24. The normalized spacial score (nSPS) is 11.7. The van der Waals surface area contributed by atoms with Crippen molar-refractivity contribution >= 4 is 5.91 Å². The van der Waals surface area contributed by atoms with Crippen molar-refractivity contribution in [1.29, 1.82) is 0 Å². The van der Waals surface area contributed by atoms with E-state index < -0.39 is 0 Å². The summed E-state index contributed by atoms with van der Waals surface area (Å²) in [5.41, 5.74) is 2.26. The second-order valence-electron chi connectivity index (χ2n) is 6.32. The monoisotopic (exact) mass is 356 g/mol. The molecule has 0 aliphatic carbocycles. The molecule has 1 unspecified atom stereocenters. The summed E-state index contributed by atoms with van der Waals surface area (Å²) in [5, 5.41) is 0. The van der Waals surface area contributed by atoms with Gasteiger partial charge in [-0.3, -0.25) is 9.78 Å². The van der Waals surface area contributed by atoms with Gasteiger partial charge in [0.1, 0.15) is 0 Å². The van der Waals surface area contributed by atoms with E-state index in [1.165, 1.54) is 5.56 Å². The molecule has 0 N–H and O–H groups in total. The van der Waals surface area contributed by atoms with E-state index in [2.05, 4.69) is 4.98 Å². The van der Waals surface area contributed by atoms with Gasteiger partial charge in [-0.2, -0.15) is 0 Å². The Kier molecular flexibility index (Phi) is 7.45. The molecule has 5 nitrogen and oxygen atoms in total. The van der Waals surface area contributed by atoms with Crippen molar-refractivity contribution < 1.29 is 14.3 Å². The first-order chi connectivity index (χ1) is 12.6. The van der Waals surface area contributed by atoms with Crippen molar-refractivity contribution in [3.63, 3.8) is 0 Å². The van der Waals surface area contributed by atoms with Gasteiger partial charge in [0, 0.05) is 31.4 Å². The first kappa shape index (κ1) is 19.8. The molecule has 5 heteroatoms. The quantitative estimate of drug-likeness (QED) is 0.691. The molecule has 1 heterocycles. The molecule has 0 saturated heterocycles. The van der Waals surface area contributed by atoms with Crippen molar-refractivity contribution in [2.75, 3.05) is 27.3 Å². The number of likely N-dealkylation sites (N-methyl/N-ethyl adjacent to an activating group) is 1. The number of methoxy groups -OCH3 is 2. The number of carbonyl (C=O) groups excluding carboxylic acids is 1. The van der Waals surface area contributed by atoms with Crippen LogP contribution in [0, 0.1) is 5.92 Å². The number of amides is 1. The highest BCUT2D eigenvalue weighted by Gasteiger charge is 2.20. The fourth-order valence-electron chi connectivity index (χ4n) is 3.00. The van der Waals surface area contributed by atoms with Gasteiger partial charge in [0.05, 0.1) is 14.2 Å². The van der Waals surface area contributed by atoms with Crippen molar-refractivity contribution in [1.82, 2.24) is 9.88 Å². The van der Waals surface area contributed by atoms with Crippen LogP contribution in [0.1, 0.15) is 25.0 Å². The van der Waals surface area contributed by atoms with Crippen molar-refractivity contribution in [2.24, 2.45) is 5.92 Å². The summed E-state index contributed by atoms with van der Waals surface area (Å²) >= 11 is 0. The van der Waals surface area contributed by atoms with E-state index in [1.54, 1.807) is 26.6 Å². The minimum atomic E-state index is -0.0921. The van der Waals surface area contributed by atoms with Crippen molar-refractivity contribution in [2.45, 2.75) is 26.7 Å². The summed E-state index contributed by atoms with van der Waals surface area (Å²) in [5.74, 6) is 1.47. The van der Waals surface area contributed by atoms with Crippen LogP contribution >= 0.6 is 0 Å². The first-order valence-corrected chi connectivity index (χ1v) is 8.97. The number of carbonyl (C=O) groups is 1. The van der Waals surface area contributed by atoms with Crippen LogP contribution in [0.3, 0.4) is 0 Å². The van der Waals surface area contributed by atoms with Gasteiger partial charge in [0.15, 0.2) is 11.5 Å². The first-order valence-electron chi connectivity index (χ1n) is 8.97. The van der Waals surface area contributed by atoms with Crippen LogP contribution in [-0.2, 0) is 17.6 Å². The molecular formula is C21H28N2O3. The van der Waals surface area contributed by atoms with E-state index in [1.807, 2.05) is 49.1 Å². The number of rotatable bonds is 9. The van der Waals surface area contributed by atoms with E-state index >= 15 is 0 Å². The number of hydrogen-bond donors (Lipinski definition) is 0. The van der Waals surface area contributed by atoms with Gasteiger partial charge in [-0.1, -0.05) is 13.0 Å². The molecule has 140 valence electrons. The number of benzene rings is 1. The molecule has 0 spiro atoms. The molecule has 0 saturated carbocycles. The predicted octanol–water partition coefficient (Wildman–Crippen LogP) is 3.37. The van der Waals surface area contributed by atoms with Gasteiger partial charge in [-0.15, -0.1) is 0 Å². The molecule has 0 aliphatic rings. The molecular weight excluding hydrogens is 328 g/mol. The van der Waals surface area contributed by atoms with E-state index in [9.17, 15) is 4.79 Å². The molecule has 0 radical (unpaired) electrons. The average Bonchev–Trinajstić information content (AvgIpc) is 2.68. The summed E-state index contributed by atoms with van der Waals surface area (Å²) < 4.78 is 10.6. The second kappa shape index (κ2) is 9.80. The number of aromatic nitrogens is 1. The van der Waals surface area contributed by atoms with Gasteiger partial charge in [-0.25, -0.2) is 0 Å². The summed E-state index contributed by atoms with van der Waals surface area (Å²) in [6.45, 7) is 5.43. The third kappa shape index (κ3) is 5.22. The van der Waals surface area contributed by atoms with Crippen LogP contribution < -0.4 is 9.47 Å². The van der Waals surface area contributed by atoms with E-state index in [-0.39, 0.29) is 11.8 Å². The van der Waals surface area contributed by atoms with E-state index in [0.29, 0.717) is 24.5 Å². The Bertz CT molecular complexity index is 704. The highest BCUT2D eigenvalue weighted by Crippen LogP contribution is 2.28. The maximum Gasteiger partial charge on any atom is 0.225 e. The lowest BCUT2D eigenvalue weighted by Crippen LogP contribution is -2.37. The Morgan fingerprint density at radius 1 is 1.08 bits per heavy atom. The third-order valence-electron chi connectivity index (χ3n) is 4.52. The summed E-state index contributed by atoms with van der Waals surface area (Å²) in [6, 6.07) is 9.79. The minimum Gasteiger partial charge on any atom is -0.493 e. The fraction of sp³-hybridized carbons (Fsp3) is 0.429. The van der Waals surface area contributed by atoms with Gasteiger partial charge in [0.25, 0.3) is 0 Å². The molecule has 26 heavy (non-hydrogen) atoms. The number of pyridine rings is 1. The van der Waals surface area contributed by atoms with Crippen LogP contribution in [0.25, 0.3) is 0 Å². The maximum absolute atomic E-state index is 12.8. The van der Waals surface area contributed by atoms with E-state index in [4.69, 9.17) is 9.47 Å². The lowest BCUT2D eigenvalue weighted by molar-refractivity contribution is -0.134. The molecule has 1 amide bonds. The summed E-state index contributed by atoms with van der Waals surface area (Å²) in [4.78, 5) is 18.8. The molecule has 1 aromatic heterocycles. The average molecular weight is 356 g/mol. The predicted molar refractivity (Wildman–Crippen MR) is 103 cm³/mol. The largest absolute Gasteiger partial charge is 0.493 e. The Balaban J connectivity index is 1.98. The summed E-state index contributed by atoms with van der Waals surface area (Å²) in [6.07, 6.45) is 5.08. The zero-order valence-corrected chi connectivity index (χ0v) is 16.1. The Hall–Kier alpha value is -2.56. The molecule has 0 fully saturated rings. The SMILES string of the molecule is CCN(CCc1ccncc1)C(=O)C(C)Cc1ccc(OC)c(OC)c1. The molecule has 1 atom stereocenters. The number of ether oxygens (including phenoxy) is 2. The second-order valence-corrected chi connectivity index (χ2v) is 6.32. The molecule has 0 aliphatic heterocycles.